The Morgan fingerprint density at radius 2 is 1.96 bits per heavy atom. The highest BCUT2D eigenvalue weighted by atomic mass is 16.3. The summed E-state index contributed by atoms with van der Waals surface area (Å²) in [5, 5.41) is 10.1. The first-order chi connectivity index (χ1) is 11.6. The average molecular weight is 329 g/mol. The first-order valence-corrected chi connectivity index (χ1v) is 9.02. The predicted molar refractivity (Wildman–Crippen MR) is 92.7 cm³/mol. The lowest BCUT2D eigenvalue weighted by molar-refractivity contribution is -0.148. The fourth-order valence-corrected chi connectivity index (χ4v) is 4.81. The molecule has 3 fully saturated rings. The second-order valence-corrected chi connectivity index (χ2v) is 7.77. The fraction of sp³-hybridized carbons (Fsp3) is 0.632. The van der Waals surface area contributed by atoms with E-state index in [2.05, 4.69) is 40.1 Å². The number of piperazine rings is 1. The van der Waals surface area contributed by atoms with Crippen molar-refractivity contribution in [3.8, 4) is 0 Å². The van der Waals surface area contributed by atoms with Crippen LogP contribution in [0.1, 0.15) is 18.9 Å². The Balaban J connectivity index is 1.40. The molecular weight excluding hydrogens is 302 g/mol. The quantitative estimate of drug-likeness (QED) is 0.881. The number of amides is 1. The average Bonchev–Trinajstić information content (AvgIpc) is 2.92. The number of carbonyl (C=O) groups excluding carboxylic acids is 1. The molecule has 3 heterocycles. The molecule has 5 nitrogen and oxygen atoms in total. The fourth-order valence-electron chi connectivity index (χ4n) is 4.81. The molecule has 1 N–H and O–H groups in total. The van der Waals surface area contributed by atoms with E-state index in [0.717, 1.165) is 52.1 Å². The van der Waals surface area contributed by atoms with Crippen molar-refractivity contribution in [2.24, 2.45) is 0 Å². The monoisotopic (exact) mass is 329 g/mol. The van der Waals surface area contributed by atoms with E-state index in [0.29, 0.717) is 6.04 Å². The van der Waals surface area contributed by atoms with E-state index in [1.807, 2.05) is 4.90 Å². The Morgan fingerprint density at radius 3 is 2.67 bits per heavy atom. The third kappa shape index (κ3) is 2.85. The van der Waals surface area contributed by atoms with E-state index >= 15 is 0 Å². The summed E-state index contributed by atoms with van der Waals surface area (Å²) in [6.45, 7) is 7.10. The molecule has 0 aromatic heterocycles. The number of likely N-dealkylation sites (tertiary alicyclic amines) is 1. The van der Waals surface area contributed by atoms with Gasteiger partial charge in [-0.3, -0.25) is 14.6 Å². The summed E-state index contributed by atoms with van der Waals surface area (Å²) in [6, 6.07) is 10.9. The van der Waals surface area contributed by atoms with E-state index in [4.69, 9.17) is 0 Å². The second kappa shape index (κ2) is 6.14. The molecular formula is C19H27N3O2. The van der Waals surface area contributed by atoms with Crippen LogP contribution in [0.3, 0.4) is 0 Å². The van der Waals surface area contributed by atoms with E-state index in [1.165, 1.54) is 5.56 Å². The molecule has 1 aromatic rings. The molecule has 5 heteroatoms. The third-order valence-corrected chi connectivity index (χ3v) is 5.96. The van der Waals surface area contributed by atoms with Crippen molar-refractivity contribution in [2.45, 2.75) is 37.5 Å². The van der Waals surface area contributed by atoms with Gasteiger partial charge in [0.25, 0.3) is 0 Å². The highest BCUT2D eigenvalue weighted by Crippen LogP contribution is 2.38. The number of fused-ring (bicyclic) bond motifs is 2. The molecule has 2 atom stereocenters. The van der Waals surface area contributed by atoms with Crippen LogP contribution in [0.25, 0.3) is 0 Å². The van der Waals surface area contributed by atoms with Crippen LogP contribution in [0.15, 0.2) is 30.3 Å². The highest BCUT2D eigenvalue weighted by molar-refractivity contribution is 5.73. The van der Waals surface area contributed by atoms with Crippen LogP contribution in [0.5, 0.6) is 0 Å². The Bertz CT molecular complexity index is 600. The number of hydrogen-bond acceptors (Lipinski definition) is 4. The summed E-state index contributed by atoms with van der Waals surface area (Å²) in [7, 11) is 0. The molecule has 3 saturated heterocycles. The van der Waals surface area contributed by atoms with Crippen LogP contribution in [0.2, 0.25) is 0 Å². The standard InChI is InChI=1S/C19H27N3O2/c1-15(23)21-10-17-9-18(24)11-22(17)19(14-21)12-20(13-19)8-7-16-5-3-2-4-6-16/h2-6,17-18,24H,7-14H2,1H3/t17-,18-/m1/s1. The van der Waals surface area contributed by atoms with Gasteiger partial charge in [-0.05, 0) is 18.4 Å². The van der Waals surface area contributed by atoms with Crippen molar-refractivity contribution >= 4 is 5.91 Å². The molecule has 4 rings (SSSR count). The Hall–Kier alpha value is -1.43. The third-order valence-electron chi connectivity index (χ3n) is 5.96. The number of aliphatic hydroxyl groups excluding tert-OH is 1. The molecule has 3 aliphatic heterocycles. The van der Waals surface area contributed by atoms with Crippen molar-refractivity contribution in [2.75, 3.05) is 39.3 Å². The number of hydrogen-bond donors (Lipinski definition) is 1. The van der Waals surface area contributed by atoms with E-state index in [9.17, 15) is 9.90 Å². The maximum absolute atomic E-state index is 11.9. The summed E-state index contributed by atoms with van der Waals surface area (Å²) in [4.78, 5) is 18.9. The molecule has 130 valence electrons. The normalized spacial score (nSPS) is 29.5. The molecule has 3 aliphatic rings. The maximum Gasteiger partial charge on any atom is 0.219 e. The van der Waals surface area contributed by atoms with Gasteiger partial charge in [-0.1, -0.05) is 30.3 Å². The van der Waals surface area contributed by atoms with E-state index < -0.39 is 0 Å². The van der Waals surface area contributed by atoms with E-state index in [1.54, 1.807) is 6.92 Å². The summed E-state index contributed by atoms with van der Waals surface area (Å²) >= 11 is 0. The van der Waals surface area contributed by atoms with Crippen LogP contribution in [-0.4, -0.2) is 82.7 Å². The number of benzene rings is 1. The first kappa shape index (κ1) is 16.1. The minimum Gasteiger partial charge on any atom is -0.392 e. The minimum atomic E-state index is -0.239. The van der Waals surface area contributed by atoms with Gasteiger partial charge in [-0.2, -0.15) is 0 Å². The zero-order valence-electron chi connectivity index (χ0n) is 14.4. The number of aliphatic hydroxyl groups is 1. The van der Waals surface area contributed by atoms with Crippen molar-refractivity contribution in [3.63, 3.8) is 0 Å². The molecule has 0 radical (unpaired) electrons. The summed E-state index contributed by atoms with van der Waals surface area (Å²) in [6.07, 6.45) is 1.63. The smallest absolute Gasteiger partial charge is 0.219 e. The zero-order chi connectivity index (χ0) is 16.7. The van der Waals surface area contributed by atoms with Gasteiger partial charge in [0, 0.05) is 52.2 Å². The molecule has 0 unspecified atom stereocenters. The largest absolute Gasteiger partial charge is 0.392 e. The topological polar surface area (TPSA) is 47.0 Å². The van der Waals surface area contributed by atoms with Gasteiger partial charge in [-0.25, -0.2) is 0 Å². The summed E-state index contributed by atoms with van der Waals surface area (Å²) in [5.41, 5.74) is 1.44. The first-order valence-electron chi connectivity index (χ1n) is 9.02. The Morgan fingerprint density at radius 1 is 1.21 bits per heavy atom. The van der Waals surface area contributed by atoms with Crippen molar-refractivity contribution < 1.29 is 9.90 Å². The van der Waals surface area contributed by atoms with Gasteiger partial charge < -0.3 is 10.0 Å². The molecule has 0 bridgehead atoms. The van der Waals surface area contributed by atoms with Gasteiger partial charge in [0.2, 0.25) is 5.91 Å². The van der Waals surface area contributed by atoms with E-state index in [-0.39, 0.29) is 17.6 Å². The van der Waals surface area contributed by atoms with Crippen LogP contribution in [0, 0.1) is 0 Å². The van der Waals surface area contributed by atoms with Gasteiger partial charge in [0.15, 0.2) is 0 Å². The molecule has 1 aromatic carbocycles. The van der Waals surface area contributed by atoms with Gasteiger partial charge in [0.1, 0.15) is 0 Å². The summed E-state index contributed by atoms with van der Waals surface area (Å²) < 4.78 is 0. The lowest BCUT2D eigenvalue weighted by atomic mass is 9.83. The van der Waals surface area contributed by atoms with Gasteiger partial charge in [-0.15, -0.1) is 0 Å². The lowest BCUT2D eigenvalue weighted by Gasteiger charge is -2.61. The Labute approximate surface area is 143 Å². The number of rotatable bonds is 3. The number of carbonyl (C=O) groups is 1. The number of β-amino-alcohol motifs (C(OH)–C–C–N with tert-alkyl or cyclic N) is 1. The highest BCUT2D eigenvalue weighted by Gasteiger charge is 2.56. The minimum absolute atomic E-state index is 0.0583. The molecule has 1 spiro atoms. The maximum atomic E-state index is 11.9. The lowest BCUT2D eigenvalue weighted by Crippen LogP contribution is -2.78. The SMILES string of the molecule is CC(=O)N1C[C@H]2C[C@@H](O)CN2C2(CN(CCc3ccccc3)C2)C1. The predicted octanol–water partition coefficient (Wildman–Crippen LogP) is 0.581. The molecule has 1 amide bonds. The second-order valence-electron chi connectivity index (χ2n) is 7.77. The van der Waals surface area contributed by atoms with Crippen molar-refractivity contribution in [1.82, 2.24) is 14.7 Å². The van der Waals surface area contributed by atoms with Crippen LogP contribution >= 0.6 is 0 Å². The molecule has 0 aliphatic carbocycles. The molecule has 0 saturated carbocycles. The van der Waals surface area contributed by atoms with Gasteiger partial charge in [0.05, 0.1) is 11.6 Å². The van der Waals surface area contributed by atoms with Crippen molar-refractivity contribution in [3.05, 3.63) is 35.9 Å². The van der Waals surface area contributed by atoms with Crippen LogP contribution in [-0.2, 0) is 11.2 Å². The van der Waals surface area contributed by atoms with Crippen LogP contribution < -0.4 is 0 Å². The van der Waals surface area contributed by atoms with Gasteiger partial charge >= 0.3 is 0 Å². The molecule has 24 heavy (non-hydrogen) atoms. The number of nitrogens with zero attached hydrogens (tertiary/aromatic N) is 3. The Kier molecular flexibility index (Phi) is 4.11. The summed E-state index contributed by atoms with van der Waals surface area (Å²) in [5.74, 6) is 0.165. The zero-order valence-corrected chi connectivity index (χ0v) is 14.4. The van der Waals surface area contributed by atoms with Crippen LogP contribution in [0.4, 0.5) is 0 Å². The van der Waals surface area contributed by atoms with Crippen molar-refractivity contribution in [1.29, 1.82) is 0 Å².